The molecule has 0 aliphatic heterocycles. The first kappa shape index (κ1) is 65.0. The smallest absolute Gasteiger partial charge is 1.00 e. The number of halogens is 1. The molecule has 0 saturated heterocycles. The molecule has 4 aromatic carbocycles. The number of anilines is 2. The van der Waals surface area contributed by atoms with Crippen LogP contribution in [-0.4, -0.2) is 84.5 Å². The minimum absolute atomic E-state index is 0. The summed E-state index contributed by atoms with van der Waals surface area (Å²) in [6.07, 6.45) is 0.860. The zero-order valence-electron chi connectivity index (χ0n) is 46.2. The Bertz CT molecular complexity index is 3270. The Kier molecular flexibility index (Phi) is 29.9. The first-order valence-electron chi connectivity index (χ1n) is 24.1. The van der Waals surface area contributed by atoms with Crippen LogP contribution in [0.4, 0.5) is 15.8 Å². The molecular weight excluding hydrogens is 1210 g/mol. The van der Waals surface area contributed by atoms with Gasteiger partial charge in [0, 0.05) is 71.6 Å². The number of imidazole rings is 2. The van der Waals surface area contributed by atoms with Gasteiger partial charge in [-0.2, -0.15) is 0 Å². The van der Waals surface area contributed by atoms with E-state index in [-0.39, 0.29) is 164 Å². The molecule has 0 aliphatic carbocycles. The van der Waals surface area contributed by atoms with Gasteiger partial charge >= 0.3 is 161 Å². The van der Waals surface area contributed by atoms with E-state index in [4.69, 9.17) is 34.7 Å². The van der Waals surface area contributed by atoms with Crippen molar-refractivity contribution in [2.45, 2.75) is 61.4 Å². The Balaban J connectivity index is 0.000000594. The van der Waals surface area contributed by atoms with Crippen molar-refractivity contribution in [3.05, 3.63) is 142 Å². The summed E-state index contributed by atoms with van der Waals surface area (Å²) < 4.78 is 38.7. The van der Waals surface area contributed by atoms with Gasteiger partial charge in [0.15, 0.2) is 0 Å². The summed E-state index contributed by atoms with van der Waals surface area (Å²) in [5.41, 5.74) is 7.26. The molecule has 0 unspecified atom stereocenters. The normalized spacial score (nSPS) is 10.2. The number of fused-ring (bicyclic) bond motifs is 4. The average molecular weight is 1270 g/mol. The largest absolute Gasteiger partial charge is 1.00 e. The van der Waals surface area contributed by atoms with Crippen molar-refractivity contribution in [3.63, 3.8) is 0 Å². The van der Waals surface area contributed by atoms with E-state index in [9.17, 15) is 23.6 Å². The molecule has 8 aromatic rings. The van der Waals surface area contributed by atoms with Gasteiger partial charge in [0.2, 0.25) is 0 Å². The van der Waals surface area contributed by atoms with Crippen LogP contribution in [0.3, 0.4) is 0 Å². The summed E-state index contributed by atoms with van der Waals surface area (Å²) >= 11 is 0. The number of benzene rings is 4. The van der Waals surface area contributed by atoms with Crippen molar-refractivity contribution in [1.82, 2.24) is 19.5 Å². The van der Waals surface area contributed by atoms with Crippen molar-refractivity contribution in [1.29, 1.82) is 0 Å². The number of nitrogens with one attached hydrogen (secondary N) is 1. The van der Waals surface area contributed by atoms with E-state index in [2.05, 4.69) is 71.6 Å². The van der Waals surface area contributed by atoms with Crippen molar-refractivity contribution < 1.29 is 188 Å². The van der Waals surface area contributed by atoms with Crippen LogP contribution in [0.2, 0.25) is 0 Å². The monoisotopic (exact) mass is 1270 g/mol. The number of hydrogen-bond acceptors (Lipinski definition) is 15. The molecule has 4 aromatic heterocycles. The van der Waals surface area contributed by atoms with Gasteiger partial charge in [-0.05, 0) is 109 Å². The third-order valence-corrected chi connectivity index (χ3v) is 11.0. The van der Waals surface area contributed by atoms with Crippen LogP contribution in [0.15, 0.2) is 140 Å². The Labute approximate surface area is 555 Å². The molecule has 0 amide bonds. The van der Waals surface area contributed by atoms with Gasteiger partial charge in [0.25, 0.3) is 6.47 Å². The summed E-state index contributed by atoms with van der Waals surface area (Å²) in [6.45, 7) is 24.9. The number of carbonyl (C=O) groups is 3. The number of ether oxygens (including phenoxy) is 2. The second kappa shape index (κ2) is 34.5. The topological polar surface area (TPSA) is 215 Å². The minimum Gasteiger partial charge on any atom is -1.00 e. The second-order valence-corrected chi connectivity index (χ2v) is 15.9. The standard InChI is InChI=1S/C26H27N3O4.C20H19N3O2.C7H12O2.CH3F.CH2O3.2Cs.H/c1-5-28(6-2)19-12-11-18-15-20(26(31)33-23(18)16-19)24-27-21-9-7-8-10-22(21)29(24)13-14-32-25(30)17(3)4;1-3-23(4-2)14-10-9-13-11-15(20(24)25-18(13)12-14)19-21-16-7-5-6-8-17(16)22-19;1-4-5-9-7(8)6(2)3;1-2;2-1-4-3;;;/h7-12,15-16H,3,5-6,13-14H2,1-2,4H3;5-12H,3-4H2,1-2H3,(H,21,22);2,4-5H2,1,3H3;1H3;1,3H;;;/q;;;;;2*+1;-1/p-1/i;;;1D;;;;. The quantitative estimate of drug-likeness (QED) is 0.0365. The van der Waals surface area contributed by atoms with Crippen molar-refractivity contribution >= 4 is 73.8 Å². The third-order valence-electron chi connectivity index (χ3n) is 11.0. The van der Waals surface area contributed by atoms with Gasteiger partial charge in [0.1, 0.15) is 40.5 Å². The minimum atomic E-state index is -1.00. The first-order chi connectivity index (χ1) is 35.6. The van der Waals surface area contributed by atoms with E-state index in [0.29, 0.717) is 58.2 Å². The fourth-order valence-corrected chi connectivity index (χ4v) is 7.35. The second-order valence-electron chi connectivity index (χ2n) is 15.9. The third kappa shape index (κ3) is 18.7. The summed E-state index contributed by atoms with van der Waals surface area (Å²) in [5, 5.41) is 10.1. The Morgan fingerprint density at radius 1 is 0.747 bits per heavy atom. The molecule has 1 N–H and O–H groups in total. The number of para-hydroxylation sites is 4. The molecule has 0 saturated carbocycles. The number of H-pyrrole nitrogens is 1. The number of esters is 2. The summed E-state index contributed by atoms with van der Waals surface area (Å²) in [5.74, 6) is 0.266. The van der Waals surface area contributed by atoms with E-state index in [0.717, 1.165) is 76.8 Å². The molecular formula is C55H63Cs2FN6O11. The van der Waals surface area contributed by atoms with Crippen LogP contribution in [-0.2, 0) is 35.3 Å². The molecule has 0 bridgehead atoms. The molecule has 4 heterocycles. The Hall–Kier alpha value is -4.28. The number of aromatic amines is 1. The molecule has 20 heteroatoms. The van der Waals surface area contributed by atoms with Crippen molar-refractivity contribution in [3.8, 4) is 22.8 Å². The maximum Gasteiger partial charge on any atom is 1.00 e. The molecule has 8 rings (SSSR count). The maximum atomic E-state index is 13.0. The molecule has 0 fully saturated rings. The van der Waals surface area contributed by atoms with Crippen LogP contribution < -0.4 is 164 Å². The van der Waals surface area contributed by atoms with Gasteiger partial charge in [-0.25, -0.2) is 29.1 Å². The fraction of sp³-hybridized carbons (Fsp3) is 0.291. The molecule has 0 aliphatic rings. The van der Waals surface area contributed by atoms with Crippen LogP contribution >= 0.6 is 0 Å². The molecule has 0 radical (unpaired) electrons. The number of aromatic nitrogens is 4. The Morgan fingerprint density at radius 2 is 1.21 bits per heavy atom. The van der Waals surface area contributed by atoms with Crippen molar-refractivity contribution in [2.24, 2.45) is 0 Å². The molecule has 75 heavy (non-hydrogen) atoms. The van der Waals surface area contributed by atoms with E-state index >= 15 is 0 Å². The van der Waals surface area contributed by atoms with E-state index < -0.39 is 18.7 Å². The zero-order chi connectivity index (χ0) is 54.3. The summed E-state index contributed by atoms with van der Waals surface area (Å²) in [7, 11) is -1.00. The zero-order valence-corrected chi connectivity index (χ0v) is 56.8. The first-order valence-corrected chi connectivity index (χ1v) is 23.4. The number of carbonyl (C=O) groups excluding carboxylic acids is 3. The predicted molar refractivity (Wildman–Crippen MR) is 283 cm³/mol. The van der Waals surface area contributed by atoms with Gasteiger partial charge in [-0.1, -0.05) is 44.3 Å². The van der Waals surface area contributed by atoms with E-state index in [1.165, 1.54) is 0 Å². The van der Waals surface area contributed by atoms with Crippen molar-refractivity contribution in [2.75, 3.05) is 56.3 Å². The summed E-state index contributed by atoms with van der Waals surface area (Å²) in [6, 6.07) is 30.8. The molecule has 17 nitrogen and oxygen atoms in total. The predicted octanol–water partition coefficient (Wildman–Crippen LogP) is 3.61. The maximum absolute atomic E-state index is 13.0. The van der Waals surface area contributed by atoms with Gasteiger partial charge in [-0.15, -0.1) is 0 Å². The van der Waals surface area contributed by atoms with Gasteiger partial charge in [-0.3, -0.25) is 9.18 Å². The van der Waals surface area contributed by atoms with Gasteiger partial charge in [0.05, 0.1) is 43.7 Å². The number of rotatable bonds is 16. The molecule has 388 valence electrons. The number of hydrogen-bond donors (Lipinski definition) is 1. The SMILES string of the molecule is C=C(C)C(=O)OCCC.C=C(C)C(=O)OCCn1c(-c2cc3ccc(N(CC)CC)cc3oc2=O)nc2ccccc21.CCN(CC)c1ccc2cc(-c3nc4ccccc4[nH]3)c(=O)oc2c1.O=CO[O-].[2H]CF.[Cs+].[Cs+].[H-]. The van der Waals surface area contributed by atoms with Crippen LogP contribution in [0.1, 0.15) is 57.7 Å². The fourth-order valence-electron chi connectivity index (χ4n) is 7.35. The van der Waals surface area contributed by atoms with Crippen LogP contribution in [0.25, 0.3) is 66.8 Å². The van der Waals surface area contributed by atoms with Crippen LogP contribution in [0.5, 0.6) is 0 Å². The average Bonchev–Trinajstić information content (AvgIpc) is 4.00. The van der Waals surface area contributed by atoms with Crippen LogP contribution in [0, 0.1) is 0 Å². The van der Waals surface area contributed by atoms with E-state index in [1.54, 1.807) is 13.8 Å². The summed E-state index contributed by atoms with van der Waals surface area (Å²) in [4.78, 5) is 75.9. The Morgan fingerprint density at radius 3 is 1.69 bits per heavy atom. The number of alkyl halides is 1. The van der Waals surface area contributed by atoms with Gasteiger partial charge < -0.3 is 49.2 Å². The molecule has 0 spiro atoms. The number of nitrogens with zero attached hydrogens (tertiary/aromatic N) is 5. The van der Waals surface area contributed by atoms with E-state index in [1.807, 2.05) is 102 Å². The molecule has 0 atom stereocenters.